The number of carbonyl (C=O) groups excluding carboxylic acids is 3. The van der Waals surface area contributed by atoms with Gasteiger partial charge in [-0.2, -0.15) is 0 Å². The highest BCUT2D eigenvalue weighted by Crippen LogP contribution is 2.39. The third-order valence-electron chi connectivity index (χ3n) is 21.1. The average molecular weight is 1620 g/mol. The van der Waals surface area contributed by atoms with Gasteiger partial charge in [0.15, 0.2) is 37.7 Å². The summed E-state index contributed by atoms with van der Waals surface area (Å²) in [5.41, 5.74) is 33.8. The lowest BCUT2D eigenvalue weighted by Gasteiger charge is -2.46. The predicted octanol–water partition coefficient (Wildman–Crippen LogP) is 2.22. The number of aliphatic hydroxyl groups is 7. The maximum atomic E-state index is 13.4. The van der Waals surface area contributed by atoms with Crippen LogP contribution in [0.1, 0.15) is 95.9 Å². The van der Waals surface area contributed by atoms with E-state index in [0.717, 1.165) is 22.3 Å². The van der Waals surface area contributed by atoms with Gasteiger partial charge >= 0.3 is 18.3 Å². The Morgan fingerprint density at radius 2 is 0.826 bits per heavy atom. The lowest BCUT2D eigenvalue weighted by Crippen LogP contribution is -2.65. The van der Waals surface area contributed by atoms with Crippen LogP contribution in [0.4, 0.5) is 14.4 Å². The molecule has 6 fully saturated rings. The van der Waals surface area contributed by atoms with Gasteiger partial charge in [0, 0.05) is 18.6 Å². The van der Waals surface area contributed by atoms with E-state index in [2.05, 4.69) is 16.0 Å². The quantitative estimate of drug-likeness (QED) is 0.0263. The van der Waals surface area contributed by atoms with Crippen LogP contribution in [0.2, 0.25) is 0 Å². The van der Waals surface area contributed by atoms with Gasteiger partial charge in [-0.05, 0) is 73.1 Å². The van der Waals surface area contributed by atoms with E-state index in [4.69, 9.17) is 104 Å². The van der Waals surface area contributed by atoms with Crippen LogP contribution in [0.5, 0.6) is 0 Å². The number of nitrogens with two attached hydrogens (primary N) is 5. The molecule has 4 aromatic carbocycles. The molecule has 115 heavy (non-hydrogen) atoms. The lowest BCUT2D eigenvalue weighted by molar-refractivity contribution is -0.289. The number of amides is 3. The molecule has 0 bridgehead atoms. The van der Waals surface area contributed by atoms with E-state index in [1.807, 2.05) is 135 Å². The van der Waals surface area contributed by atoms with Gasteiger partial charge in [0.1, 0.15) is 99.0 Å². The molecule has 8 aliphatic rings. The van der Waals surface area contributed by atoms with E-state index in [0.29, 0.717) is 45.3 Å². The second-order valence-corrected chi connectivity index (χ2v) is 29.5. The third kappa shape index (κ3) is 25.4. The molecular weight excluding hydrogens is 1500 g/mol. The van der Waals surface area contributed by atoms with Crippen molar-refractivity contribution in [2.45, 2.75) is 278 Å². The second-order valence-electron chi connectivity index (χ2n) is 29.5. The van der Waals surface area contributed by atoms with Crippen molar-refractivity contribution < 1.29 is 126 Å². The van der Waals surface area contributed by atoms with E-state index in [-0.39, 0.29) is 66.8 Å². The number of hydrogen-bond acceptors (Lipinski definition) is 31. The molecule has 34 heteroatoms. The topological polar surface area (TPSA) is 507 Å². The van der Waals surface area contributed by atoms with Crippen LogP contribution in [0, 0.1) is 5.92 Å². The molecule has 4 aromatic rings. The van der Waals surface area contributed by atoms with Crippen LogP contribution in [-0.4, -0.2) is 265 Å². The smallest absolute Gasteiger partial charge is 0.408 e. The Morgan fingerprint density at radius 3 is 1.30 bits per heavy atom. The molecule has 30 atom stereocenters. The zero-order valence-electron chi connectivity index (χ0n) is 63.3. The molecule has 3 amide bonds. The van der Waals surface area contributed by atoms with Crippen LogP contribution < -0.4 is 44.6 Å². The van der Waals surface area contributed by atoms with Crippen molar-refractivity contribution in [1.29, 1.82) is 0 Å². The van der Waals surface area contributed by atoms with Crippen molar-refractivity contribution in [3.63, 3.8) is 0 Å². The number of nitrogens with one attached hydrogen (secondary N) is 3. The molecule has 0 radical (unpaired) electrons. The number of ether oxygens (including phenoxy) is 16. The molecule has 0 spiro atoms. The summed E-state index contributed by atoms with van der Waals surface area (Å²) in [5, 5.41) is 84.8. The summed E-state index contributed by atoms with van der Waals surface area (Å²) in [4.78, 5) is 39.7. The van der Waals surface area contributed by atoms with Crippen molar-refractivity contribution in [2.75, 3.05) is 33.0 Å². The van der Waals surface area contributed by atoms with Gasteiger partial charge in [-0.1, -0.05) is 174 Å². The fourth-order valence-corrected chi connectivity index (χ4v) is 14.7. The molecule has 34 nitrogen and oxygen atoms in total. The number of carbonyl (C=O) groups is 3. The number of aliphatic hydroxyl groups excluding tert-OH is 7. The fourth-order valence-electron chi connectivity index (χ4n) is 14.7. The molecule has 12 rings (SSSR count). The van der Waals surface area contributed by atoms with E-state index in [1.165, 1.54) is 0 Å². The van der Waals surface area contributed by atoms with Gasteiger partial charge < -0.3 is 156 Å². The maximum Gasteiger partial charge on any atom is 0.408 e. The molecule has 640 valence electrons. The average Bonchev–Trinajstić information content (AvgIpc) is 0.973. The van der Waals surface area contributed by atoms with Gasteiger partial charge in [0.25, 0.3) is 0 Å². The fraction of sp³-hybridized carbons (Fsp3) is 0.617. The number of alkyl carbamates (subject to hydrolysis) is 3. The summed E-state index contributed by atoms with van der Waals surface area (Å²) in [7, 11) is 0. The van der Waals surface area contributed by atoms with Gasteiger partial charge in [0.05, 0.1) is 81.7 Å². The maximum absolute atomic E-state index is 13.4. The molecule has 20 N–H and O–H groups in total. The minimum Gasteiger partial charge on any atom is -0.445 e. The highest BCUT2D eigenvalue weighted by molar-refractivity contribution is 5.69. The Morgan fingerprint density at radius 1 is 0.417 bits per heavy atom. The predicted molar refractivity (Wildman–Crippen MR) is 413 cm³/mol. The molecule has 6 aliphatic heterocycles. The van der Waals surface area contributed by atoms with Crippen molar-refractivity contribution in [2.24, 2.45) is 34.6 Å². The van der Waals surface area contributed by atoms with Crippen LogP contribution in [0.15, 0.2) is 146 Å². The molecule has 2 saturated carbocycles. The summed E-state index contributed by atoms with van der Waals surface area (Å²) in [6.07, 6.45) is -15.5. The zero-order chi connectivity index (χ0) is 80.1. The van der Waals surface area contributed by atoms with Crippen molar-refractivity contribution >= 4 is 18.3 Å². The standard InChI is InChI=1S/C56H67N3O16.C23H45N5O10.2CH4/c1-3-40-24-26-42(57-54(63)67-31-37-18-10-5-11-19-37)51(70-40)74-49-45(29-60)72-53(47(49)62)75-50-46(61)44(59-56(65)69-33-39-22-14-7-15-23-39)28-35(2)48(50)73-52-43(58-55(64)68-32-38-20-12-6-13-21-38)27-25-41(71-52)34-66-30-36-16-8-4-9-17-36;24-6-9-1-3-11(25)21(33-9)37-19-15(8-30)35-23(17(19)32)38-20-16(31)13(27)5-14(28)18(20)36-22-12(26)4-2-10(7-29)34-22;;/h4-27,35,40-53,60-62H,3,28-34H2,1-2H3,(H,57,63)(H,58,64)(H,59,65);9-23,29-32H,1-8,24-28H2;2*1H4/t35-,40-,41-,42+,43+,44+,45+,46-,47+,48+,49+,50+,51+,52+,53-;9-,10+,11-,12-,13-,14+,15-,16+,17-,18-,19-,20-,21-,22-,23+;;/m01../s1. The second kappa shape index (κ2) is 45.4. The monoisotopic (exact) mass is 1620 g/mol. The van der Waals surface area contributed by atoms with Gasteiger partial charge in [-0.25, -0.2) is 14.4 Å². The van der Waals surface area contributed by atoms with Crippen LogP contribution in [0.3, 0.4) is 0 Å². The summed E-state index contributed by atoms with van der Waals surface area (Å²) in [6, 6.07) is 32.0. The zero-order valence-corrected chi connectivity index (χ0v) is 63.3. The Bertz CT molecular complexity index is 3560. The molecule has 2 aliphatic carbocycles. The molecule has 0 unspecified atom stereocenters. The van der Waals surface area contributed by atoms with Crippen molar-refractivity contribution in [3.8, 4) is 0 Å². The Hall–Kier alpha value is -6.83. The first kappa shape index (κ1) is 92.1. The highest BCUT2D eigenvalue weighted by Gasteiger charge is 2.56. The molecule has 6 heterocycles. The SMILES string of the molecule is C.C.CC[C@H]1C=C[C@@H](NC(=O)OCc2ccccc2)[C@@H](O[C@H]2[C@@H](O)[C@H](O[C@@H]3[C@@H](O)[C@H](NC(=O)OCc4ccccc4)C[C@H](C)[C@H]3O[C@H]3O[C@H](COCc4ccccc4)C=C[C@H]3NC(=O)OCc3ccccc3)O[C@@H]2CO)O1.NC[C@H]1CC[C@@H](N)[C@@H](O[C@H]2[C@@H](O)[C@H](O[C@@H]3[C@@H](O)[C@H](N)C[C@H](N)[C@H]3O[C@H]3O[C@H](CO)CC[C@H]3N)O[C@@H]2CO)O1. The van der Waals surface area contributed by atoms with E-state index < -0.39 is 209 Å². The summed E-state index contributed by atoms with van der Waals surface area (Å²) in [6.45, 7) is 3.13. The Balaban J connectivity index is 0.000000318. The first-order chi connectivity index (χ1) is 54.7. The van der Waals surface area contributed by atoms with Crippen molar-refractivity contribution in [1.82, 2.24) is 16.0 Å². The normalized spacial score (nSPS) is 36.3. The number of rotatable bonds is 30. The van der Waals surface area contributed by atoms with Gasteiger partial charge in [-0.3, -0.25) is 0 Å². The van der Waals surface area contributed by atoms with Crippen LogP contribution in [-0.2, 0) is 102 Å². The van der Waals surface area contributed by atoms with E-state index >= 15 is 0 Å². The van der Waals surface area contributed by atoms with Crippen LogP contribution >= 0.6 is 0 Å². The minimum atomic E-state index is -1.62. The highest BCUT2D eigenvalue weighted by atomic mass is 16.8. The van der Waals surface area contributed by atoms with Crippen molar-refractivity contribution in [3.05, 3.63) is 168 Å². The molecule has 0 aromatic heterocycles. The lowest BCUT2D eigenvalue weighted by atomic mass is 9.80. The minimum absolute atomic E-state index is 0. The number of hydrogen-bond donors (Lipinski definition) is 15. The Labute approximate surface area is 670 Å². The van der Waals surface area contributed by atoms with Gasteiger partial charge in [0.2, 0.25) is 0 Å². The first-order valence-corrected chi connectivity index (χ1v) is 38.7. The molecular formula is C81H120N8O26. The van der Waals surface area contributed by atoms with Gasteiger partial charge in [-0.15, -0.1) is 0 Å². The van der Waals surface area contributed by atoms with E-state index in [9.17, 15) is 50.1 Å². The largest absolute Gasteiger partial charge is 0.445 e. The van der Waals surface area contributed by atoms with Crippen LogP contribution in [0.25, 0.3) is 0 Å². The third-order valence-corrected chi connectivity index (χ3v) is 21.1. The summed E-state index contributed by atoms with van der Waals surface area (Å²) < 4.78 is 96.7. The first-order valence-electron chi connectivity index (χ1n) is 38.7. The number of benzene rings is 4. The molecule has 4 saturated heterocycles. The summed E-state index contributed by atoms with van der Waals surface area (Å²) in [5.74, 6) is -0.521. The summed E-state index contributed by atoms with van der Waals surface area (Å²) >= 11 is 0. The Kier molecular flexibility index (Phi) is 36.3. The van der Waals surface area contributed by atoms with E-state index in [1.54, 1.807) is 24.3 Å².